The van der Waals surface area contributed by atoms with Gasteiger partial charge in [0.05, 0.1) is 0 Å². The van der Waals surface area contributed by atoms with Gasteiger partial charge in [0.15, 0.2) is 37.3 Å². The van der Waals surface area contributed by atoms with Crippen LogP contribution in [0.15, 0.2) is 0 Å². The third kappa shape index (κ3) is 128. The summed E-state index contributed by atoms with van der Waals surface area (Å²) in [6, 6.07) is 0. The van der Waals surface area contributed by atoms with Gasteiger partial charge < -0.3 is 28.4 Å². The minimum atomic E-state index is -5.88. The van der Waals surface area contributed by atoms with Gasteiger partial charge in [-0.3, -0.25) is 0 Å². The third-order valence-electron chi connectivity index (χ3n) is 11.3. The second-order valence-electron chi connectivity index (χ2n) is 19.1. The van der Waals surface area contributed by atoms with Gasteiger partial charge in [0.25, 0.3) is 0 Å². The first kappa shape index (κ1) is 100. The molecule has 6 aliphatic rings. The molecule has 0 spiro atoms. The molecule has 6 saturated heterocycles. The van der Waals surface area contributed by atoms with Crippen molar-refractivity contribution in [2.75, 3.05) is 161 Å². The Morgan fingerprint density at radius 1 is 0.256 bits per heavy atom. The normalized spacial score (nSPS) is 19.9. The van der Waals surface area contributed by atoms with Gasteiger partial charge in [0, 0.05) is 120 Å². The quantitative estimate of drug-likeness (QED) is 0.0603. The van der Waals surface area contributed by atoms with Crippen molar-refractivity contribution in [1.29, 1.82) is 0 Å². The molecule has 6 atom stereocenters. The number of hydrogen-bond donors (Lipinski definition) is 6. The predicted octanol–water partition coefficient (Wildman–Crippen LogP) is -5.55. The molecule has 42 heteroatoms. The number of rotatable bonds is 12. The fourth-order valence-electron chi connectivity index (χ4n) is 7.69. The number of hydrogen-bond acceptors (Lipinski definition) is 18. The second-order valence-corrected chi connectivity index (χ2v) is 30.5. The number of methoxy groups -OCH3 is 6. The number of halogens is 6. The zero-order chi connectivity index (χ0) is 70.4. The Bertz CT molecular complexity index is 1730. The van der Waals surface area contributed by atoms with Crippen LogP contribution in [-0.2, 0) is 50.9 Å². The van der Waals surface area contributed by atoms with E-state index in [0.717, 1.165) is 39.6 Å². The zero-order valence-corrected chi connectivity index (χ0v) is 63.8. The van der Waals surface area contributed by atoms with Crippen molar-refractivity contribution in [1.82, 2.24) is 0 Å². The first-order valence-electron chi connectivity index (χ1n) is 28.4. The fraction of sp³-hybridized carbons (Fsp3) is 0.875. The monoisotopic (exact) mass is 1710 g/mol. The Morgan fingerprint density at radius 2 is 0.333 bits per heavy atom. The van der Waals surface area contributed by atoms with Gasteiger partial charge >= 0.3 is 180 Å². The van der Waals surface area contributed by atoms with E-state index in [0.29, 0.717) is 0 Å². The van der Waals surface area contributed by atoms with Crippen LogP contribution >= 0.6 is 0 Å². The Balaban J connectivity index is -0.000000217. The van der Waals surface area contributed by atoms with Crippen LogP contribution in [0.5, 0.6) is 0 Å². The molecule has 6 rings (SSSR count). The number of ether oxygens (including phenoxy) is 6. The summed E-state index contributed by atoms with van der Waals surface area (Å²) in [6.07, 6.45) is 37.5. The van der Waals surface area contributed by atoms with Gasteiger partial charge in [0.2, 0.25) is 0 Å². The van der Waals surface area contributed by atoms with E-state index in [1.807, 2.05) is 0 Å². The average Bonchev–Trinajstić information content (AvgIpc) is 3.45. The molecule has 0 amide bonds. The topological polar surface area (TPSA) is 436 Å². The first-order valence-corrected chi connectivity index (χ1v) is 46.9. The van der Waals surface area contributed by atoms with E-state index in [9.17, 15) is 20.8 Å². The number of piperidine rings is 6. The van der Waals surface area contributed by atoms with E-state index < -0.39 is 87.9 Å². The molecule has 0 saturated carbocycles. The molecule has 0 aromatic rings. The van der Waals surface area contributed by atoms with Crippen LogP contribution < -0.4 is 24.6 Å². The van der Waals surface area contributed by atoms with Crippen molar-refractivity contribution in [2.45, 2.75) is 116 Å². The molecule has 6 unspecified atom stereocenters. The molecular formula is C48H102As6F6N6O24. The van der Waals surface area contributed by atoms with Crippen LogP contribution in [0.25, 0.3) is 0 Å². The molecule has 0 radical (unpaired) electrons. The van der Waals surface area contributed by atoms with Crippen molar-refractivity contribution < 1.29 is 148 Å². The summed E-state index contributed by atoms with van der Waals surface area (Å²) in [4.78, 5) is 0. The predicted molar refractivity (Wildman–Crippen MR) is 309 cm³/mol. The maximum atomic E-state index is 10.3. The van der Waals surface area contributed by atoms with Gasteiger partial charge in [-0.15, -0.1) is 0 Å². The summed E-state index contributed by atoms with van der Waals surface area (Å²) in [5.74, 6) is 0. The molecular weight excluding hydrogens is 1610 g/mol. The fourth-order valence-corrected chi connectivity index (χ4v) is 7.69. The van der Waals surface area contributed by atoms with Crippen molar-refractivity contribution in [3.05, 3.63) is 0 Å². The Kier molecular flexibility index (Phi) is 72.6. The minimum absolute atomic E-state index is 0.764. The van der Waals surface area contributed by atoms with E-state index in [4.69, 9.17) is 100 Å². The standard InChI is InChI=1S/6C8H16NO.6AsFH2O3/c6*1-10-8-7-9-5-3-2-4-6-9;6*2-1(3,4)5/h6*7H,2-6,8H2,1H3;6*(H2,3,4,5)/q6*+1;;;;;;/p-6. The van der Waals surface area contributed by atoms with Crippen LogP contribution in [0.3, 0.4) is 0 Å². The Hall–Kier alpha value is -0.969. The molecule has 0 aliphatic carbocycles. The summed E-state index contributed by atoms with van der Waals surface area (Å²) in [5.41, 5.74) is 0. The third-order valence-corrected chi connectivity index (χ3v) is 11.3. The van der Waals surface area contributed by atoms with E-state index in [-0.39, 0.29) is 0 Å². The van der Waals surface area contributed by atoms with Gasteiger partial charge in [-0.2, -0.15) is 0 Å². The summed E-state index contributed by atoms with van der Waals surface area (Å²) in [5, 5.41) is 0. The average molecular weight is 1710 g/mol. The van der Waals surface area contributed by atoms with Gasteiger partial charge in [-0.1, -0.05) is 0 Å². The van der Waals surface area contributed by atoms with E-state index in [2.05, 4.69) is 64.7 Å². The molecule has 6 fully saturated rings. The van der Waals surface area contributed by atoms with Crippen LogP contribution in [0.4, 0.5) is 20.8 Å². The second kappa shape index (κ2) is 65.3. The van der Waals surface area contributed by atoms with Crippen LogP contribution in [-0.4, -0.2) is 338 Å². The molecule has 90 heavy (non-hydrogen) atoms. The van der Waals surface area contributed by atoms with Gasteiger partial charge in [0.1, 0.15) is 118 Å². The Labute approximate surface area is 546 Å². The zero-order valence-electron chi connectivity index (χ0n) is 52.6. The van der Waals surface area contributed by atoms with Crippen molar-refractivity contribution >= 4 is 125 Å². The van der Waals surface area contributed by atoms with E-state index >= 15 is 0 Å². The summed E-state index contributed by atoms with van der Waals surface area (Å²) >= 11 is -35.2. The molecule has 6 aliphatic heterocycles. The summed E-state index contributed by atoms with van der Waals surface area (Å²) < 4.78 is 250. The molecule has 6 heterocycles. The molecule has 30 nitrogen and oxygen atoms in total. The van der Waals surface area contributed by atoms with Crippen molar-refractivity contribution in [2.24, 2.45) is 0 Å². The first-order chi connectivity index (χ1) is 41.6. The maximum absolute atomic E-state index is 10.3. The number of nitrogens with zero attached hydrogens (tertiary/aromatic N) is 6. The summed E-state index contributed by atoms with van der Waals surface area (Å²) in [7, 11) is 10.4. The van der Waals surface area contributed by atoms with Crippen LogP contribution in [0.1, 0.15) is 116 Å². The van der Waals surface area contributed by atoms with Crippen LogP contribution in [0, 0.1) is 0 Å². The van der Waals surface area contributed by atoms with Gasteiger partial charge in [-0.05, 0) is 38.5 Å². The van der Waals surface area contributed by atoms with Crippen LogP contribution in [0.2, 0.25) is 0 Å². The van der Waals surface area contributed by atoms with E-state index in [1.165, 1.54) is 194 Å². The molecule has 0 bridgehead atoms. The van der Waals surface area contributed by atoms with Crippen molar-refractivity contribution in [3.63, 3.8) is 0 Å². The summed E-state index contributed by atoms with van der Waals surface area (Å²) in [6.45, 7) is 19.3. The van der Waals surface area contributed by atoms with Crippen molar-refractivity contribution in [3.8, 4) is 0 Å². The van der Waals surface area contributed by atoms with E-state index in [1.54, 1.807) is 42.7 Å². The molecule has 540 valence electrons. The SMILES string of the molecule is COCC=[N+]1CCCCC1.COCC=[N+]1CCCCC1.COCC=[N+]1CCCCC1.COCC=[N+]1CCCCC1.COCC=[N+]1CCCCC1.COCC=[N+]1CCCCC1.O=[As]([O-])(O)F.O=[As]([O-])(O)F.O=[As]([O-])(O)F.O=[As]([O-])(O)F.O=[As]([O-])(O)F.O=[As]([O-])(O)F. The molecule has 0 aromatic carbocycles. The molecule has 0 aromatic heterocycles. The van der Waals surface area contributed by atoms with Gasteiger partial charge in [-0.25, -0.2) is 27.5 Å². The Morgan fingerprint density at radius 3 is 0.400 bits per heavy atom. The molecule has 6 N–H and O–H groups in total.